The molecule has 2 N–H and O–H groups in total. The number of rotatable bonds is 4. The Morgan fingerprint density at radius 3 is 3.09 bits per heavy atom. The standard InChI is InChI=1S/C16H20N2O3.ClH/c1-20-13-4-5-14-11(10-21-15(14)8-13)7-16(19)18-12-3-2-6-17-9-12;/h4-5,8,10,12,17H,2-3,6-7,9H2,1H3,(H,18,19);1H/t12-;/m0./s1. The van der Waals surface area contributed by atoms with Crippen LogP contribution in [0.15, 0.2) is 28.9 Å². The van der Waals surface area contributed by atoms with Gasteiger partial charge < -0.3 is 19.8 Å². The molecule has 1 saturated heterocycles. The smallest absolute Gasteiger partial charge is 0.224 e. The Labute approximate surface area is 135 Å². The van der Waals surface area contributed by atoms with Gasteiger partial charge in [-0.05, 0) is 31.5 Å². The fraction of sp³-hybridized carbons (Fsp3) is 0.438. The number of nitrogens with one attached hydrogen (secondary N) is 2. The van der Waals surface area contributed by atoms with Gasteiger partial charge in [-0.25, -0.2) is 0 Å². The largest absolute Gasteiger partial charge is 0.497 e. The molecule has 1 amide bonds. The van der Waals surface area contributed by atoms with E-state index in [-0.39, 0.29) is 24.4 Å². The molecule has 0 unspecified atom stereocenters. The summed E-state index contributed by atoms with van der Waals surface area (Å²) in [7, 11) is 1.62. The SMILES string of the molecule is COc1ccc2c(CC(=O)N[C@H]3CCCNC3)coc2c1.Cl. The average molecular weight is 325 g/mol. The fourth-order valence-electron chi connectivity index (χ4n) is 2.75. The highest BCUT2D eigenvalue weighted by Crippen LogP contribution is 2.25. The zero-order valence-corrected chi connectivity index (χ0v) is 13.4. The summed E-state index contributed by atoms with van der Waals surface area (Å²) in [5.41, 5.74) is 1.66. The first-order chi connectivity index (χ1) is 10.3. The van der Waals surface area contributed by atoms with Crippen molar-refractivity contribution in [2.24, 2.45) is 0 Å². The van der Waals surface area contributed by atoms with Crippen LogP contribution >= 0.6 is 12.4 Å². The minimum atomic E-state index is 0. The lowest BCUT2D eigenvalue weighted by Gasteiger charge is -2.23. The van der Waals surface area contributed by atoms with Gasteiger partial charge in [-0.15, -0.1) is 12.4 Å². The second-order valence-electron chi connectivity index (χ2n) is 5.41. The molecule has 0 saturated carbocycles. The second kappa shape index (κ2) is 7.51. The number of amides is 1. The van der Waals surface area contributed by atoms with Gasteiger partial charge in [0.25, 0.3) is 0 Å². The van der Waals surface area contributed by atoms with Gasteiger partial charge in [-0.2, -0.15) is 0 Å². The molecule has 1 fully saturated rings. The summed E-state index contributed by atoms with van der Waals surface area (Å²) in [6, 6.07) is 5.89. The molecule has 2 heterocycles. The third-order valence-corrected chi connectivity index (χ3v) is 3.88. The minimum absolute atomic E-state index is 0. The van der Waals surface area contributed by atoms with E-state index in [0.717, 1.165) is 48.2 Å². The Hall–Kier alpha value is -1.72. The lowest BCUT2D eigenvalue weighted by Crippen LogP contribution is -2.46. The first kappa shape index (κ1) is 16.6. The summed E-state index contributed by atoms with van der Waals surface area (Å²) in [4.78, 5) is 12.1. The summed E-state index contributed by atoms with van der Waals surface area (Å²) < 4.78 is 10.7. The molecule has 3 rings (SSSR count). The Morgan fingerprint density at radius 1 is 1.50 bits per heavy atom. The minimum Gasteiger partial charge on any atom is -0.497 e. The van der Waals surface area contributed by atoms with E-state index in [0.29, 0.717) is 6.42 Å². The maximum absolute atomic E-state index is 12.1. The van der Waals surface area contributed by atoms with Crippen molar-refractivity contribution < 1.29 is 13.9 Å². The molecular formula is C16H21ClN2O3. The number of hydrogen-bond donors (Lipinski definition) is 2. The van der Waals surface area contributed by atoms with Crippen molar-refractivity contribution in [2.45, 2.75) is 25.3 Å². The molecule has 0 aliphatic carbocycles. The number of hydrogen-bond acceptors (Lipinski definition) is 4. The fourth-order valence-corrected chi connectivity index (χ4v) is 2.75. The summed E-state index contributed by atoms with van der Waals surface area (Å²) in [6.07, 6.45) is 4.15. The van der Waals surface area contributed by atoms with Gasteiger partial charge in [0, 0.05) is 29.6 Å². The maximum Gasteiger partial charge on any atom is 0.224 e. The molecule has 1 aliphatic heterocycles. The molecule has 120 valence electrons. The Balaban J connectivity index is 0.00000176. The molecule has 1 atom stereocenters. The predicted molar refractivity (Wildman–Crippen MR) is 87.8 cm³/mol. The molecule has 1 aromatic heterocycles. The maximum atomic E-state index is 12.1. The average Bonchev–Trinajstić information content (AvgIpc) is 2.90. The Morgan fingerprint density at radius 2 is 2.36 bits per heavy atom. The number of piperidine rings is 1. The van der Waals surface area contributed by atoms with Crippen molar-refractivity contribution in [3.05, 3.63) is 30.0 Å². The van der Waals surface area contributed by atoms with E-state index < -0.39 is 0 Å². The van der Waals surface area contributed by atoms with Gasteiger partial charge in [0.2, 0.25) is 5.91 Å². The highest BCUT2D eigenvalue weighted by Gasteiger charge is 2.17. The highest BCUT2D eigenvalue weighted by atomic mass is 35.5. The van der Waals surface area contributed by atoms with Crippen LogP contribution in [0.3, 0.4) is 0 Å². The topological polar surface area (TPSA) is 63.5 Å². The van der Waals surface area contributed by atoms with E-state index in [9.17, 15) is 4.79 Å². The van der Waals surface area contributed by atoms with Gasteiger partial charge in [0.1, 0.15) is 11.3 Å². The van der Waals surface area contributed by atoms with Crippen LogP contribution in [0.4, 0.5) is 0 Å². The van der Waals surface area contributed by atoms with Crippen LogP contribution in [-0.2, 0) is 11.2 Å². The van der Waals surface area contributed by atoms with Crippen molar-refractivity contribution in [2.75, 3.05) is 20.2 Å². The van der Waals surface area contributed by atoms with Crippen molar-refractivity contribution in [3.63, 3.8) is 0 Å². The zero-order valence-electron chi connectivity index (χ0n) is 12.6. The van der Waals surface area contributed by atoms with Crippen molar-refractivity contribution in [1.29, 1.82) is 0 Å². The van der Waals surface area contributed by atoms with Crippen LogP contribution < -0.4 is 15.4 Å². The van der Waals surface area contributed by atoms with Gasteiger partial charge in [-0.1, -0.05) is 0 Å². The third-order valence-electron chi connectivity index (χ3n) is 3.88. The van der Waals surface area contributed by atoms with Crippen LogP contribution in [-0.4, -0.2) is 32.1 Å². The monoisotopic (exact) mass is 324 g/mol. The molecule has 0 bridgehead atoms. The van der Waals surface area contributed by atoms with Crippen LogP contribution in [0.2, 0.25) is 0 Å². The van der Waals surface area contributed by atoms with Crippen molar-refractivity contribution >= 4 is 29.3 Å². The van der Waals surface area contributed by atoms with Crippen LogP contribution in [0.5, 0.6) is 5.75 Å². The van der Waals surface area contributed by atoms with Crippen molar-refractivity contribution in [1.82, 2.24) is 10.6 Å². The lowest BCUT2D eigenvalue weighted by molar-refractivity contribution is -0.121. The van der Waals surface area contributed by atoms with E-state index in [4.69, 9.17) is 9.15 Å². The Kier molecular flexibility index (Phi) is 5.69. The molecule has 5 nitrogen and oxygen atoms in total. The predicted octanol–water partition coefficient (Wildman–Crippen LogP) is 2.27. The van der Waals surface area contributed by atoms with Crippen molar-refractivity contribution in [3.8, 4) is 5.75 Å². The number of furan rings is 1. The van der Waals surface area contributed by atoms with Gasteiger partial charge in [0.05, 0.1) is 19.8 Å². The number of carbonyl (C=O) groups excluding carboxylic acids is 1. The molecule has 1 aliphatic rings. The second-order valence-corrected chi connectivity index (χ2v) is 5.41. The van der Waals surface area contributed by atoms with E-state index in [2.05, 4.69) is 10.6 Å². The van der Waals surface area contributed by atoms with E-state index >= 15 is 0 Å². The van der Waals surface area contributed by atoms with Gasteiger partial charge in [0.15, 0.2) is 0 Å². The van der Waals surface area contributed by atoms with Crippen LogP contribution in [0.1, 0.15) is 18.4 Å². The molecule has 22 heavy (non-hydrogen) atoms. The summed E-state index contributed by atoms with van der Waals surface area (Å²) in [6.45, 7) is 1.90. The quantitative estimate of drug-likeness (QED) is 0.905. The number of benzene rings is 1. The first-order valence-electron chi connectivity index (χ1n) is 7.30. The lowest BCUT2D eigenvalue weighted by atomic mass is 10.1. The summed E-state index contributed by atoms with van der Waals surface area (Å²) in [5, 5.41) is 7.34. The van der Waals surface area contributed by atoms with Crippen LogP contribution in [0.25, 0.3) is 11.0 Å². The molecule has 0 spiro atoms. The molecule has 0 radical (unpaired) electrons. The number of halogens is 1. The number of fused-ring (bicyclic) bond motifs is 1. The van der Waals surface area contributed by atoms with E-state index in [1.54, 1.807) is 13.4 Å². The number of methoxy groups -OCH3 is 1. The van der Waals surface area contributed by atoms with E-state index in [1.165, 1.54) is 0 Å². The summed E-state index contributed by atoms with van der Waals surface area (Å²) >= 11 is 0. The van der Waals surface area contributed by atoms with Gasteiger partial charge >= 0.3 is 0 Å². The highest BCUT2D eigenvalue weighted by molar-refractivity contribution is 5.88. The zero-order chi connectivity index (χ0) is 14.7. The molecule has 1 aromatic carbocycles. The third kappa shape index (κ3) is 3.72. The Bertz CT molecular complexity index is 635. The molecule has 6 heteroatoms. The van der Waals surface area contributed by atoms with Crippen LogP contribution in [0, 0.1) is 0 Å². The van der Waals surface area contributed by atoms with Gasteiger partial charge in [-0.3, -0.25) is 4.79 Å². The number of carbonyl (C=O) groups is 1. The number of ether oxygens (including phenoxy) is 1. The first-order valence-corrected chi connectivity index (χ1v) is 7.30. The van der Waals surface area contributed by atoms with E-state index in [1.807, 2.05) is 18.2 Å². The summed E-state index contributed by atoms with van der Waals surface area (Å²) in [5.74, 6) is 0.795. The molecule has 2 aromatic rings. The molecular weight excluding hydrogens is 304 g/mol. The normalized spacial score (nSPS) is 17.8.